The Balaban J connectivity index is 0.885. The van der Waals surface area contributed by atoms with Crippen LogP contribution >= 0.6 is 0 Å². The van der Waals surface area contributed by atoms with Gasteiger partial charge in [0.2, 0.25) is 0 Å². The van der Waals surface area contributed by atoms with Gasteiger partial charge in [-0.05, 0) is 143 Å². The maximum Gasteiger partial charge on any atom is 0.0462 e. The Morgan fingerprint density at radius 3 is 0.600 bits per heavy atom. The van der Waals surface area contributed by atoms with Crippen LogP contribution in [-0.4, -0.2) is 0 Å². The van der Waals surface area contributed by atoms with Crippen molar-refractivity contribution in [3.8, 4) is 22.3 Å². The average Bonchev–Trinajstić information content (AvgIpc) is 3.39. The van der Waals surface area contributed by atoms with E-state index >= 15 is 0 Å². The number of nitrogens with zero attached hydrogens (tertiary/aromatic N) is 3. The summed E-state index contributed by atoms with van der Waals surface area (Å²) >= 11 is 0. The van der Waals surface area contributed by atoms with E-state index in [0.29, 0.717) is 0 Å². The van der Waals surface area contributed by atoms with Gasteiger partial charge < -0.3 is 14.7 Å². The van der Waals surface area contributed by atoms with Gasteiger partial charge in [-0.3, -0.25) is 0 Å². The Kier molecular flexibility index (Phi) is 11.9. The minimum absolute atomic E-state index is 1.09. The van der Waals surface area contributed by atoms with Crippen molar-refractivity contribution in [2.45, 2.75) is 0 Å². The van der Waals surface area contributed by atoms with Crippen LogP contribution in [0.15, 0.2) is 273 Å². The summed E-state index contributed by atoms with van der Waals surface area (Å²) < 4.78 is 0. The highest BCUT2D eigenvalue weighted by atomic mass is 15.2. The van der Waals surface area contributed by atoms with Gasteiger partial charge in [-0.25, -0.2) is 0 Å². The van der Waals surface area contributed by atoms with E-state index in [-0.39, 0.29) is 0 Å². The van der Waals surface area contributed by atoms with E-state index in [1.54, 1.807) is 0 Å². The summed E-state index contributed by atoms with van der Waals surface area (Å²) in [5.41, 5.74) is 16.9. The van der Waals surface area contributed by atoms with Crippen LogP contribution in [0.2, 0.25) is 0 Å². The second-order valence-corrected chi connectivity index (χ2v) is 15.9. The molecule has 0 aliphatic carbocycles. The Morgan fingerprint density at radius 1 is 0.169 bits per heavy atom. The maximum atomic E-state index is 2.32. The molecule has 10 rings (SSSR count). The Morgan fingerprint density at radius 2 is 0.354 bits per heavy atom. The smallest absolute Gasteiger partial charge is 0.0462 e. The van der Waals surface area contributed by atoms with Gasteiger partial charge in [-0.1, -0.05) is 176 Å². The van der Waals surface area contributed by atoms with Crippen molar-refractivity contribution in [2.75, 3.05) is 14.7 Å². The van der Waals surface area contributed by atoms with E-state index in [1.165, 1.54) is 11.1 Å². The average molecular weight is 834 g/mol. The van der Waals surface area contributed by atoms with Crippen molar-refractivity contribution in [3.63, 3.8) is 0 Å². The standard InChI is InChI=1S/C62H47N3/c1-6-16-48(17-7-1)26-27-49-28-38-58(39-29-49)64(56-22-12-4-13-23-56)60-42-32-51(33-43-60)53-36-46-62(47-37-53)65(57-24-14-5-15-25-57)61-44-34-52(35-45-61)50-30-40-59(41-31-50)63(54-18-8-2-9-19-54)55-20-10-3-11-21-55/h1-47H/b27-26+. The fourth-order valence-electron chi connectivity index (χ4n) is 8.35. The fourth-order valence-corrected chi connectivity index (χ4v) is 8.35. The molecule has 65 heavy (non-hydrogen) atoms. The van der Waals surface area contributed by atoms with Gasteiger partial charge in [-0.2, -0.15) is 0 Å². The van der Waals surface area contributed by atoms with E-state index in [1.807, 2.05) is 6.07 Å². The first-order valence-corrected chi connectivity index (χ1v) is 22.1. The van der Waals surface area contributed by atoms with Crippen molar-refractivity contribution in [1.29, 1.82) is 0 Å². The lowest BCUT2D eigenvalue weighted by molar-refractivity contribution is 1.28. The van der Waals surface area contributed by atoms with Gasteiger partial charge >= 0.3 is 0 Å². The Labute approximate surface area is 382 Å². The molecule has 0 bridgehead atoms. The monoisotopic (exact) mass is 833 g/mol. The minimum Gasteiger partial charge on any atom is -0.311 e. The number of hydrogen-bond acceptors (Lipinski definition) is 3. The molecule has 0 amide bonds. The van der Waals surface area contributed by atoms with Crippen LogP contribution in [-0.2, 0) is 0 Å². The first kappa shape index (κ1) is 40.4. The normalized spacial score (nSPS) is 11.0. The molecule has 0 unspecified atom stereocenters. The zero-order valence-electron chi connectivity index (χ0n) is 36.0. The molecule has 0 aliphatic rings. The van der Waals surface area contributed by atoms with Crippen LogP contribution in [0.5, 0.6) is 0 Å². The molecule has 0 heterocycles. The minimum atomic E-state index is 1.09. The lowest BCUT2D eigenvalue weighted by atomic mass is 10.0. The first-order chi connectivity index (χ1) is 32.2. The number of rotatable bonds is 13. The van der Waals surface area contributed by atoms with Gasteiger partial charge in [0.25, 0.3) is 0 Å². The summed E-state index contributed by atoms with van der Waals surface area (Å²) in [5, 5.41) is 0. The third-order valence-corrected chi connectivity index (χ3v) is 11.6. The lowest BCUT2D eigenvalue weighted by Gasteiger charge is -2.26. The molecule has 0 saturated heterocycles. The van der Waals surface area contributed by atoms with Crippen molar-refractivity contribution >= 4 is 63.3 Å². The van der Waals surface area contributed by atoms with Gasteiger partial charge in [0.15, 0.2) is 0 Å². The highest BCUT2D eigenvalue weighted by Gasteiger charge is 2.16. The second kappa shape index (κ2) is 19.2. The highest BCUT2D eigenvalue weighted by molar-refractivity contribution is 5.83. The first-order valence-electron chi connectivity index (χ1n) is 22.1. The summed E-state index contributed by atoms with van der Waals surface area (Å²) in [5.74, 6) is 0. The molecule has 0 aliphatic heterocycles. The summed E-state index contributed by atoms with van der Waals surface area (Å²) in [4.78, 5) is 6.91. The molecule has 0 radical (unpaired) electrons. The highest BCUT2D eigenvalue weighted by Crippen LogP contribution is 2.40. The van der Waals surface area contributed by atoms with Crippen LogP contribution in [0, 0.1) is 0 Å². The molecule has 0 N–H and O–H groups in total. The van der Waals surface area contributed by atoms with Gasteiger partial charge in [-0.15, -0.1) is 0 Å². The molecule has 0 spiro atoms. The largest absolute Gasteiger partial charge is 0.311 e. The SMILES string of the molecule is C(=C\c1ccc(N(c2ccccc2)c2ccc(-c3ccc(N(c4ccccc4)c4ccc(-c5ccc(N(c6ccccc6)c6ccccc6)cc5)cc4)cc3)cc2)cc1)/c1ccccc1. The molecular weight excluding hydrogens is 787 g/mol. The van der Waals surface area contributed by atoms with Crippen molar-refractivity contribution in [2.24, 2.45) is 0 Å². The summed E-state index contributed by atoms with van der Waals surface area (Å²) in [7, 11) is 0. The van der Waals surface area contributed by atoms with E-state index < -0.39 is 0 Å². The maximum absolute atomic E-state index is 2.32. The Bertz CT molecular complexity index is 3020. The van der Waals surface area contributed by atoms with E-state index in [0.717, 1.165) is 73.4 Å². The molecule has 0 fully saturated rings. The molecule has 0 aromatic heterocycles. The predicted octanol–water partition coefficient (Wildman–Crippen LogP) is 17.6. The molecule has 3 nitrogen and oxygen atoms in total. The second-order valence-electron chi connectivity index (χ2n) is 15.9. The van der Waals surface area contributed by atoms with E-state index in [4.69, 9.17) is 0 Å². The molecule has 0 atom stereocenters. The van der Waals surface area contributed by atoms with Crippen molar-refractivity contribution in [1.82, 2.24) is 0 Å². The van der Waals surface area contributed by atoms with Crippen LogP contribution in [0.25, 0.3) is 34.4 Å². The van der Waals surface area contributed by atoms with E-state index in [2.05, 4.69) is 294 Å². The summed E-state index contributed by atoms with van der Waals surface area (Å²) in [6.45, 7) is 0. The number of hydrogen-bond donors (Lipinski definition) is 0. The van der Waals surface area contributed by atoms with Crippen LogP contribution < -0.4 is 14.7 Å². The van der Waals surface area contributed by atoms with Crippen molar-refractivity contribution < 1.29 is 0 Å². The fraction of sp³-hybridized carbons (Fsp3) is 0. The quantitative estimate of drug-likeness (QED) is 0.107. The number of para-hydroxylation sites is 4. The van der Waals surface area contributed by atoms with Gasteiger partial charge in [0, 0.05) is 51.2 Å². The molecule has 310 valence electrons. The Hall–Kier alpha value is -8.66. The lowest BCUT2D eigenvalue weighted by Crippen LogP contribution is -2.10. The van der Waals surface area contributed by atoms with Gasteiger partial charge in [0.1, 0.15) is 0 Å². The van der Waals surface area contributed by atoms with Gasteiger partial charge in [0.05, 0.1) is 0 Å². The summed E-state index contributed by atoms with van der Waals surface area (Å²) in [6, 6.07) is 96.8. The predicted molar refractivity (Wildman–Crippen MR) is 277 cm³/mol. The third-order valence-electron chi connectivity index (χ3n) is 11.6. The number of benzene rings is 10. The molecule has 0 saturated carbocycles. The topological polar surface area (TPSA) is 9.72 Å². The van der Waals surface area contributed by atoms with Crippen molar-refractivity contribution in [3.05, 3.63) is 284 Å². The zero-order chi connectivity index (χ0) is 43.6. The van der Waals surface area contributed by atoms with Crippen LogP contribution in [0.3, 0.4) is 0 Å². The molecular formula is C62H47N3. The zero-order valence-corrected chi connectivity index (χ0v) is 36.0. The molecule has 3 heteroatoms. The third kappa shape index (κ3) is 9.27. The molecule has 10 aromatic rings. The van der Waals surface area contributed by atoms with E-state index in [9.17, 15) is 0 Å². The van der Waals surface area contributed by atoms with Crippen LogP contribution in [0.1, 0.15) is 11.1 Å². The number of anilines is 9. The summed E-state index contributed by atoms with van der Waals surface area (Å²) in [6.07, 6.45) is 4.31. The van der Waals surface area contributed by atoms with Crippen LogP contribution in [0.4, 0.5) is 51.2 Å². The molecule has 10 aromatic carbocycles.